The van der Waals surface area contributed by atoms with Crippen molar-refractivity contribution >= 4 is 58.2 Å². The molecule has 6 rings (SSSR count). The molecule has 4 heterocycles. The predicted octanol–water partition coefficient (Wildman–Crippen LogP) is 2.00. The number of fused-ring (bicyclic) bond motifs is 2. The van der Waals surface area contributed by atoms with Gasteiger partial charge in [0.05, 0.1) is 5.39 Å². The third-order valence-corrected chi connectivity index (χ3v) is 9.55. The first-order valence-electron chi connectivity index (χ1n) is 13.6. The SMILES string of the molecule is O=C(O)C1=C(CSc2ncccn2)CS[C@H]2[C@H](NC(=O)C(NC(=O)c3coc4cc(O)c(O)cc4c3=O)c3ccccc3)C(=O)N12. The molecular formula is C30H23N5O9S2. The molecule has 0 saturated carbocycles. The number of nitrogens with one attached hydrogen (secondary N) is 2. The lowest BCUT2D eigenvalue weighted by Crippen LogP contribution is -2.71. The van der Waals surface area contributed by atoms with Gasteiger partial charge in [-0.15, -0.1) is 11.8 Å². The van der Waals surface area contributed by atoms with Crippen LogP contribution in [-0.4, -0.2) is 76.8 Å². The molecule has 2 aromatic carbocycles. The Morgan fingerprint density at radius 3 is 2.50 bits per heavy atom. The second-order valence-electron chi connectivity index (χ2n) is 10.1. The van der Waals surface area contributed by atoms with Crippen LogP contribution in [0.15, 0.2) is 92.8 Å². The summed E-state index contributed by atoms with van der Waals surface area (Å²) in [5.74, 6) is -4.22. The van der Waals surface area contributed by atoms with Crippen LogP contribution in [0, 0.1) is 0 Å². The van der Waals surface area contributed by atoms with Crippen LogP contribution >= 0.6 is 23.5 Å². The number of aromatic nitrogens is 2. The molecule has 3 amide bonds. The number of carbonyl (C=O) groups is 4. The molecule has 1 unspecified atom stereocenters. The number of carboxylic acids is 1. The molecule has 2 aromatic heterocycles. The van der Waals surface area contributed by atoms with E-state index in [9.17, 15) is 39.3 Å². The number of phenols is 2. The molecule has 0 spiro atoms. The van der Waals surface area contributed by atoms with Crippen LogP contribution in [0.5, 0.6) is 11.5 Å². The summed E-state index contributed by atoms with van der Waals surface area (Å²) in [6.07, 6.45) is 4.02. The molecule has 1 saturated heterocycles. The summed E-state index contributed by atoms with van der Waals surface area (Å²) < 4.78 is 5.33. The molecule has 0 radical (unpaired) electrons. The predicted molar refractivity (Wildman–Crippen MR) is 165 cm³/mol. The van der Waals surface area contributed by atoms with Gasteiger partial charge in [-0.25, -0.2) is 14.8 Å². The van der Waals surface area contributed by atoms with Crippen molar-refractivity contribution in [3.8, 4) is 11.5 Å². The Morgan fingerprint density at radius 1 is 1.07 bits per heavy atom. The van der Waals surface area contributed by atoms with Gasteiger partial charge in [-0.1, -0.05) is 42.1 Å². The molecule has 16 heteroatoms. The van der Waals surface area contributed by atoms with Gasteiger partial charge in [0.2, 0.25) is 11.3 Å². The average Bonchev–Trinajstić information content (AvgIpc) is 3.06. The summed E-state index contributed by atoms with van der Waals surface area (Å²) in [5.41, 5.74) is -0.658. The minimum atomic E-state index is -1.36. The number of benzene rings is 2. The Balaban J connectivity index is 1.21. The van der Waals surface area contributed by atoms with Crippen LogP contribution in [0.3, 0.4) is 0 Å². The number of amides is 3. The van der Waals surface area contributed by atoms with Crippen molar-refractivity contribution in [1.82, 2.24) is 25.5 Å². The van der Waals surface area contributed by atoms with Crippen LogP contribution in [0.2, 0.25) is 0 Å². The van der Waals surface area contributed by atoms with E-state index in [1.165, 1.54) is 23.5 Å². The highest BCUT2D eigenvalue weighted by atomic mass is 32.2. The third-order valence-electron chi connectivity index (χ3n) is 7.25. The topological polar surface area (TPSA) is 212 Å². The number of thioether (sulfide) groups is 2. The third kappa shape index (κ3) is 5.75. The van der Waals surface area contributed by atoms with Gasteiger partial charge < -0.3 is 30.4 Å². The summed E-state index contributed by atoms with van der Waals surface area (Å²) in [4.78, 5) is 74.9. The highest BCUT2D eigenvalue weighted by molar-refractivity contribution is 8.01. The van der Waals surface area contributed by atoms with Gasteiger partial charge in [0.15, 0.2) is 16.7 Å². The second-order valence-corrected chi connectivity index (χ2v) is 12.2. The fourth-order valence-corrected chi connectivity index (χ4v) is 7.30. The van der Waals surface area contributed by atoms with Crippen molar-refractivity contribution in [2.75, 3.05) is 11.5 Å². The summed E-state index contributed by atoms with van der Waals surface area (Å²) in [5, 5.41) is 34.3. The smallest absolute Gasteiger partial charge is 0.352 e. The van der Waals surface area contributed by atoms with Gasteiger partial charge >= 0.3 is 5.97 Å². The lowest BCUT2D eigenvalue weighted by Gasteiger charge is -2.49. The van der Waals surface area contributed by atoms with Crippen LogP contribution in [0.4, 0.5) is 0 Å². The number of hydrogen-bond acceptors (Lipinski definition) is 12. The maximum absolute atomic E-state index is 13.6. The van der Waals surface area contributed by atoms with Gasteiger partial charge in [-0.3, -0.25) is 24.1 Å². The van der Waals surface area contributed by atoms with Crippen LogP contribution in [0.1, 0.15) is 22.0 Å². The zero-order chi connectivity index (χ0) is 32.5. The van der Waals surface area contributed by atoms with Crippen molar-refractivity contribution in [2.45, 2.75) is 22.6 Å². The lowest BCUT2D eigenvalue weighted by atomic mass is 10.0. The number of aromatic hydroxyl groups is 2. The number of β-lactam (4-membered cyclic amide) rings is 1. The van der Waals surface area contributed by atoms with E-state index in [0.717, 1.165) is 23.3 Å². The van der Waals surface area contributed by atoms with Crippen molar-refractivity contribution in [2.24, 2.45) is 0 Å². The van der Waals surface area contributed by atoms with E-state index in [-0.39, 0.29) is 28.2 Å². The van der Waals surface area contributed by atoms with Crippen LogP contribution in [-0.2, 0) is 14.4 Å². The fourth-order valence-electron chi connectivity index (χ4n) is 5.01. The van der Waals surface area contributed by atoms with E-state index in [1.54, 1.807) is 48.8 Å². The number of rotatable bonds is 9. The fraction of sp³-hybridized carbons (Fsp3) is 0.167. The zero-order valence-corrected chi connectivity index (χ0v) is 25.1. The van der Waals surface area contributed by atoms with Gasteiger partial charge in [0, 0.05) is 30.0 Å². The molecular weight excluding hydrogens is 638 g/mol. The van der Waals surface area contributed by atoms with Gasteiger partial charge in [-0.05, 0) is 23.3 Å². The average molecular weight is 662 g/mol. The van der Waals surface area contributed by atoms with Crippen molar-refractivity contribution in [3.63, 3.8) is 0 Å². The maximum atomic E-state index is 13.6. The summed E-state index contributed by atoms with van der Waals surface area (Å²) in [6.45, 7) is 0. The number of carboxylic acid groups (broad SMARTS) is 1. The van der Waals surface area contributed by atoms with E-state index in [1.807, 2.05) is 0 Å². The molecule has 0 aliphatic carbocycles. The summed E-state index contributed by atoms with van der Waals surface area (Å²) in [6, 6.07) is 9.33. The van der Waals surface area contributed by atoms with Gasteiger partial charge in [-0.2, -0.15) is 0 Å². The highest BCUT2D eigenvalue weighted by Crippen LogP contribution is 2.41. The molecule has 2 aliphatic rings. The monoisotopic (exact) mass is 661 g/mol. The molecule has 1 fully saturated rings. The molecule has 14 nitrogen and oxygen atoms in total. The van der Waals surface area contributed by atoms with E-state index in [2.05, 4.69) is 20.6 Å². The standard InChI is InChI=1S/C30H23N5O9S2/c36-18-9-16-20(10-19(18)37)44-11-17(24(16)38)25(39)33-21(14-5-2-1-3-6-14)26(40)34-22-27(41)35-23(29(42)43)15(12-45-28(22)35)13-46-30-31-7-4-8-32-30/h1-11,21-22,28,36-37H,12-13H2,(H,33,39)(H,34,40)(H,42,43)/t21?,22-,28+/m1/s1. The first kappa shape index (κ1) is 30.7. The number of aliphatic carboxylic acids is 1. The number of phenolic OH excluding ortho intramolecular Hbond substituents is 2. The van der Waals surface area contributed by atoms with Crippen LogP contribution in [0.25, 0.3) is 11.0 Å². The van der Waals surface area contributed by atoms with Crippen LogP contribution < -0.4 is 16.1 Å². The van der Waals surface area contributed by atoms with Crippen molar-refractivity contribution < 1.29 is 38.9 Å². The van der Waals surface area contributed by atoms with Gasteiger partial charge in [0.1, 0.15) is 40.6 Å². The van der Waals surface area contributed by atoms with Crippen molar-refractivity contribution in [1.29, 1.82) is 0 Å². The minimum absolute atomic E-state index is 0.0721. The molecule has 3 atom stereocenters. The Bertz CT molecular complexity index is 1970. The molecule has 234 valence electrons. The quantitative estimate of drug-likeness (QED) is 0.0753. The van der Waals surface area contributed by atoms with Gasteiger partial charge in [0.25, 0.3) is 11.8 Å². The number of carbonyl (C=O) groups excluding carboxylic acids is 3. The normalized spacial score (nSPS) is 18.0. The maximum Gasteiger partial charge on any atom is 0.352 e. The Labute approximate surface area is 267 Å². The zero-order valence-electron chi connectivity index (χ0n) is 23.4. The summed E-state index contributed by atoms with van der Waals surface area (Å²) in [7, 11) is 0. The largest absolute Gasteiger partial charge is 0.504 e. The van der Waals surface area contributed by atoms with E-state index in [4.69, 9.17) is 4.42 Å². The van der Waals surface area contributed by atoms with Crippen molar-refractivity contribution in [3.05, 3.63) is 99.8 Å². The molecule has 46 heavy (non-hydrogen) atoms. The summed E-state index contributed by atoms with van der Waals surface area (Å²) >= 11 is 2.53. The molecule has 4 aromatic rings. The Kier molecular flexibility index (Phi) is 8.38. The van der Waals surface area contributed by atoms with E-state index >= 15 is 0 Å². The number of hydrogen-bond donors (Lipinski definition) is 5. The minimum Gasteiger partial charge on any atom is -0.504 e. The highest BCUT2D eigenvalue weighted by Gasteiger charge is 2.54. The Hall–Kier alpha value is -5.35. The van der Waals surface area contributed by atoms with E-state index in [0.29, 0.717) is 16.3 Å². The Morgan fingerprint density at radius 2 is 1.78 bits per heavy atom. The first-order valence-corrected chi connectivity index (χ1v) is 15.6. The molecule has 5 N–H and O–H groups in total. The number of nitrogens with zero attached hydrogens (tertiary/aromatic N) is 3. The second kappa shape index (κ2) is 12.6. The van der Waals surface area contributed by atoms with E-state index < -0.39 is 63.6 Å². The lowest BCUT2D eigenvalue weighted by molar-refractivity contribution is -0.151. The molecule has 2 aliphatic heterocycles. The molecule has 0 bridgehead atoms. The first-order chi connectivity index (χ1) is 22.1.